The first-order valence-electron chi connectivity index (χ1n) is 6.65. The Morgan fingerprint density at radius 3 is 3.05 bits per heavy atom. The van der Waals surface area contributed by atoms with Crippen molar-refractivity contribution in [3.63, 3.8) is 0 Å². The van der Waals surface area contributed by atoms with Gasteiger partial charge in [0.15, 0.2) is 0 Å². The number of pyridine rings is 1. The highest BCUT2D eigenvalue weighted by atomic mass is 16.5. The lowest BCUT2D eigenvalue weighted by Gasteiger charge is -2.00. The Labute approximate surface area is 121 Å². The first kappa shape index (κ1) is 13.4. The SMILES string of the molecule is CCc1cnccc1-c1noc(Cn2cc(CN)nn2)n1. The van der Waals surface area contributed by atoms with Gasteiger partial charge in [-0.2, -0.15) is 4.98 Å². The summed E-state index contributed by atoms with van der Waals surface area (Å²) in [5, 5.41) is 11.9. The van der Waals surface area contributed by atoms with Crippen LogP contribution in [0.5, 0.6) is 0 Å². The predicted octanol–water partition coefficient (Wildman–Crippen LogP) is 0.792. The molecule has 8 nitrogen and oxygen atoms in total. The Kier molecular flexibility index (Phi) is 3.69. The van der Waals surface area contributed by atoms with Crippen LogP contribution in [0.3, 0.4) is 0 Å². The van der Waals surface area contributed by atoms with Crippen molar-refractivity contribution in [1.82, 2.24) is 30.1 Å². The molecule has 2 N–H and O–H groups in total. The number of aryl methyl sites for hydroxylation is 1. The Hall–Kier alpha value is -2.61. The predicted molar refractivity (Wildman–Crippen MR) is 73.9 cm³/mol. The van der Waals surface area contributed by atoms with Gasteiger partial charge < -0.3 is 10.3 Å². The maximum atomic E-state index is 5.50. The molecule has 0 radical (unpaired) electrons. The summed E-state index contributed by atoms with van der Waals surface area (Å²) in [5.74, 6) is 1.03. The lowest BCUT2D eigenvalue weighted by Crippen LogP contribution is -2.01. The van der Waals surface area contributed by atoms with E-state index in [-0.39, 0.29) is 0 Å². The summed E-state index contributed by atoms with van der Waals surface area (Å²) in [6.07, 6.45) is 6.15. The van der Waals surface area contributed by atoms with E-state index in [0.29, 0.717) is 24.8 Å². The molecule has 0 fully saturated rings. The van der Waals surface area contributed by atoms with Gasteiger partial charge in [0.25, 0.3) is 0 Å². The van der Waals surface area contributed by atoms with E-state index in [4.69, 9.17) is 10.3 Å². The molecule has 3 aromatic rings. The molecule has 0 saturated carbocycles. The largest absolute Gasteiger partial charge is 0.337 e. The Morgan fingerprint density at radius 1 is 1.38 bits per heavy atom. The summed E-state index contributed by atoms with van der Waals surface area (Å²) in [4.78, 5) is 8.50. The second-order valence-electron chi connectivity index (χ2n) is 4.51. The lowest BCUT2D eigenvalue weighted by atomic mass is 10.1. The van der Waals surface area contributed by atoms with Crippen LogP contribution >= 0.6 is 0 Å². The van der Waals surface area contributed by atoms with E-state index in [1.807, 2.05) is 12.3 Å². The molecule has 0 unspecified atom stereocenters. The van der Waals surface area contributed by atoms with Crippen LogP contribution in [0.2, 0.25) is 0 Å². The first-order valence-corrected chi connectivity index (χ1v) is 6.65. The molecular formula is C13H15N7O. The number of nitrogens with two attached hydrogens (primary N) is 1. The van der Waals surface area contributed by atoms with Crippen LogP contribution in [0, 0.1) is 0 Å². The zero-order valence-corrected chi connectivity index (χ0v) is 11.6. The molecule has 0 atom stereocenters. The minimum absolute atomic E-state index is 0.353. The third kappa shape index (κ3) is 2.79. The van der Waals surface area contributed by atoms with Crippen molar-refractivity contribution < 1.29 is 4.52 Å². The molecule has 108 valence electrons. The van der Waals surface area contributed by atoms with Gasteiger partial charge >= 0.3 is 0 Å². The molecule has 3 aromatic heterocycles. The van der Waals surface area contributed by atoms with E-state index in [1.165, 1.54) is 0 Å². The molecule has 21 heavy (non-hydrogen) atoms. The second-order valence-corrected chi connectivity index (χ2v) is 4.51. The third-order valence-electron chi connectivity index (χ3n) is 3.09. The second kappa shape index (κ2) is 5.80. The van der Waals surface area contributed by atoms with Crippen molar-refractivity contribution in [2.75, 3.05) is 0 Å². The van der Waals surface area contributed by atoms with Crippen LogP contribution in [0.25, 0.3) is 11.4 Å². The molecule has 0 aliphatic carbocycles. The van der Waals surface area contributed by atoms with Gasteiger partial charge in [0.1, 0.15) is 6.54 Å². The van der Waals surface area contributed by atoms with Gasteiger partial charge in [0, 0.05) is 24.5 Å². The lowest BCUT2D eigenvalue weighted by molar-refractivity contribution is 0.364. The fourth-order valence-electron chi connectivity index (χ4n) is 2.00. The van der Waals surface area contributed by atoms with Crippen LogP contribution in [0.15, 0.2) is 29.2 Å². The van der Waals surface area contributed by atoms with Crippen molar-refractivity contribution in [1.29, 1.82) is 0 Å². The molecule has 3 rings (SSSR count). The zero-order valence-electron chi connectivity index (χ0n) is 11.6. The van der Waals surface area contributed by atoms with Crippen LogP contribution < -0.4 is 5.73 Å². The van der Waals surface area contributed by atoms with E-state index in [9.17, 15) is 0 Å². The van der Waals surface area contributed by atoms with Gasteiger partial charge in [-0.25, -0.2) is 4.68 Å². The van der Waals surface area contributed by atoms with Crippen molar-refractivity contribution in [3.8, 4) is 11.4 Å². The molecular weight excluding hydrogens is 270 g/mol. The molecule has 0 saturated heterocycles. The monoisotopic (exact) mass is 285 g/mol. The van der Waals surface area contributed by atoms with Gasteiger partial charge in [-0.1, -0.05) is 17.3 Å². The molecule has 0 aliphatic rings. The molecule has 3 heterocycles. The first-order chi connectivity index (χ1) is 10.3. The average molecular weight is 285 g/mol. The highest BCUT2D eigenvalue weighted by molar-refractivity contribution is 5.58. The fourth-order valence-corrected chi connectivity index (χ4v) is 2.00. The number of rotatable bonds is 5. The van der Waals surface area contributed by atoms with Gasteiger partial charge in [0.05, 0.1) is 11.9 Å². The summed E-state index contributed by atoms with van der Waals surface area (Å²) in [7, 11) is 0. The molecule has 0 amide bonds. The molecule has 0 aliphatic heterocycles. The summed E-state index contributed by atoms with van der Waals surface area (Å²) in [5.41, 5.74) is 8.23. The van der Waals surface area contributed by atoms with Gasteiger partial charge in [-0.05, 0) is 18.1 Å². The van der Waals surface area contributed by atoms with Crippen molar-refractivity contribution in [3.05, 3.63) is 41.8 Å². The van der Waals surface area contributed by atoms with E-state index in [1.54, 1.807) is 17.1 Å². The quantitative estimate of drug-likeness (QED) is 0.738. The molecule has 0 aromatic carbocycles. The van der Waals surface area contributed by atoms with Crippen molar-refractivity contribution >= 4 is 0 Å². The normalized spacial score (nSPS) is 11.0. The van der Waals surface area contributed by atoms with E-state index < -0.39 is 0 Å². The van der Waals surface area contributed by atoms with E-state index in [2.05, 4.69) is 32.4 Å². The Balaban J connectivity index is 1.83. The number of hydrogen-bond acceptors (Lipinski definition) is 7. The van der Waals surface area contributed by atoms with Crippen LogP contribution in [0.1, 0.15) is 24.1 Å². The van der Waals surface area contributed by atoms with Crippen LogP contribution in [-0.2, 0) is 19.5 Å². The molecule has 0 bridgehead atoms. The van der Waals surface area contributed by atoms with Gasteiger partial charge in [-0.3, -0.25) is 4.98 Å². The van der Waals surface area contributed by atoms with Crippen LogP contribution in [-0.4, -0.2) is 30.1 Å². The molecule has 8 heteroatoms. The summed E-state index contributed by atoms with van der Waals surface area (Å²) in [6.45, 7) is 2.78. The topological polar surface area (TPSA) is 109 Å². The van der Waals surface area contributed by atoms with Gasteiger partial charge in [0.2, 0.25) is 11.7 Å². The summed E-state index contributed by atoms with van der Waals surface area (Å²) in [6, 6.07) is 1.88. The fraction of sp³-hybridized carbons (Fsp3) is 0.308. The third-order valence-corrected chi connectivity index (χ3v) is 3.09. The maximum Gasteiger partial charge on any atom is 0.248 e. The summed E-state index contributed by atoms with van der Waals surface area (Å²) >= 11 is 0. The molecule has 0 spiro atoms. The van der Waals surface area contributed by atoms with E-state index >= 15 is 0 Å². The maximum absolute atomic E-state index is 5.50. The Morgan fingerprint density at radius 2 is 2.29 bits per heavy atom. The number of hydrogen-bond donors (Lipinski definition) is 1. The number of aromatic nitrogens is 6. The van der Waals surface area contributed by atoms with Gasteiger partial charge in [-0.15, -0.1) is 5.10 Å². The standard InChI is InChI=1S/C13H15N7O/c1-2-9-6-15-4-3-11(9)13-16-12(21-18-13)8-20-7-10(5-14)17-19-20/h3-4,6-7H,2,5,8,14H2,1H3. The van der Waals surface area contributed by atoms with Crippen molar-refractivity contribution in [2.45, 2.75) is 26.4 Å². The highest BCUT2D eigenvalue weighted by Crippen LogP contribution is 2.20. The van der Waals surface area contributed by atoms with Crippen molar-refractivity contribution in [2.24, 2.45) is 5.73 Å². The van der Waals surface area contributed by atoms with Crippen LogP contribution in [0.4, 0.5) is 0 Å². The highest BCUT2D eigenvalue weighted by Gasteiger charge is 2.12. The average Bonchev–Trinajstić information content (AvgIpc) is 3.17. The zero-order chi connectivity index (χ0) is 14.7. The minimum Gasteiger partial charge on any atom is -0.337 e. The smallest absolute Gasteiger partial charge is 0.248 e. The Bertz CT molecular complexity index is 733. The van der Waals surface area contributed by atoms with E-state index in [0.717, 1.165) is 23.2 Å². The minimum atomic E-state index is 0.353. The number of nitrogens with zero attached hydrogens (tertiary/aromatic N) is 6. The summed E-state index contributed by atoms with van der Waals surface area (Å²) < 4.78 is 6.88.